The Morgan fingerprint density at radius 3 is 2.43 bits per heavy atom. The number of hydrogen-bond acceptors (Lipinski definition) is 4. The molecule has 2 saturated heterocycles. The second kappa shape index (κ2) is 8.23. The minimum Gasteiger partial charge on any atom is -0.497 e. The Balaban J connectivity index is 1.35. The van der Waals surface area contributed by atoms with Gasteiger partial charge in [-0.25, -0.2) is 0 Å². The van der Waals surface area contributed by atoms with Gasteiger partial charge in [-0.15, -0.1) is 0 Å². The van der Waals surface area contributed by atoms with Gasteiger partial charge in [0, 0.05) is 42.1 Å². The minimum absolute atomic E-state index is 0.111. The van der Waals surface area contributed by atoms with Crippen molar-refractivity contribution in [2.24, 2.45) is 0 Å². The smallest absolute Gasteiger partial charge is 0.255 e. The number of amides is 1. The fourth-order valence-electron chi connectivity index (χ4n) is 4.45. The standard InChI is InChI=1S/C23H29N3O2/c1-17-4-3-14-26(17)21-13-15-25(16-21)20-9-7-19(8-10-20)24-23(27)18-5-11-22(28-2)12-6-18/h5-12,17,21H,3-4,13-16H2,1-2H3,(H,24,27). The third-order valence-corrected chi connectivity index (χ3v) is 6.08. The second-order valence-electron chi connectivity index (χ2n) is 7.85. The van der Waals surface area contributed by atoms with Crippen LogP contribution in [0.25, 0.3) is 0 Å². The van der Waals surface area contributed by atoms with Crippen molar-refractivity contribution in [3.8, 4) is 5.75 Å². The van der Waals surface area contributed by atoms with Crippen LogP contribution in [0, 0.1) is 0 Å². The Morgan fingerprint density at radius 1 is 1.04 bits per heavy atom. The number of nitrogens with zero attached hydrogens (tertiary/aromatic N) is 2. The summed E-state index contributed by atoms with van der Waals surface area (Å²) in [6.07, 6.45) is 3.90. The van der Waals surface area contributed by atoms with Crippen LogP contribution in [0.3, 0.4) is 0 Å². The molecule has 2 heterocycles. The molecule has 0 spiro atoms. The second-order valence-corrected chi connectivity index (χ2v) is 7.85. The van der Waals surface area contributed by atoms with E-state index < -0.39 is 0 Å². The van der Waals surface area contributed by atoms with Gasteiger partial charge in [-0.3, -0.25) is 9.69 Å². The van der Waals surface area contributed by atoms with E-state index in [2.05, 4.69) is 34.2 Å². The highest BCUT2D eigenvalue weighted by atomic mass is 16.5. The van der Waals surface area contributed by atoms with Crippen LogP contribution >= 0.6 is 0 Å². The Labute approximate surface area is 167 Å². The predicted octanol–water partition coefficient (Wildman–Crippen LogP) is 4.01. The lowest BCUT2D eigenvalue weighted by atomic mass is 10.2. The van der Waals surface area contributed by atoms with Crippen molar-refractivity contribution in [3.05, 3.63) is 54.1 Å². The number of hydrogen-bond donors (Lipinski definition) is 1. The van der Waals surface area contributed by atoms with Crippen molar-refractivity contribution in [2.45, 2.75) is 38.3 Å². The molecule has 5 nitrogen and oxygen atoms in total. The molecule has 4 rings (SSSR count). The molecule has 0 aliphatic carbocycles. The first-order chi connectivity index (χ1) is 13.6. The van der Waals surface area contributed by atoms with Crippen LogP contribution in [-0.4, -0.2) is 49.6 Å². The molecule has 0 aromatic heterocycles. The maximum atomic E-state index is 12.4. The summed E-state index contributed by atoms with van der Waals surface area (Å²) in [5.74, 6) is 0.632. The van der Waals surface area contributed by atoms with Crippen molar-refractivity contribution < 1.29 is 9.53 Å². The lowest BCUT2D eigenvalue weighted by Crippen LogP contribution is -2.39. The van der Waals surface area contributed by atoms with Gasteiger partial charge in [0.15, 0.2) is 0 Å². The summed E-state index contributed by atoms with van der Waals surface area (Å²) in [5.41, 5.74) is 2.66. The number of anilines is 2. The molecule has 2 unspecified atom stereocenters. The molecule has 5 heteroatoms. The molecule has 2 aliphatic heterocycles. The zero-order chi connectivity index (χ0) is 19.5. The van der Waals surface area contributed by atoms with E-state index in [0.29, 0.717) is 11.6 Å². The molecule has 0 radical (unpaired) electrons. The summed E-state index contributed by atoms with van der Waals surface area (Å²) < 4.78 is 5.14. The zero-order valence-electron chi connectivity index (χ0n) is 16.7. The van der Waals surface area contributed by atoms with E-state index in [0.717, 1.165) is 30.6 Å². The molecule has 2 aromatic rings. The highest BCUT2D eigenvalue weighted by molar-refractivity contribution is 6.04. The Hall–Kier alpha value is -2.53. The van der Waals surface area contributed by atoms with Crippen molar-refractivity contribution in [2.75, 3.05) is 37.0 Å². The van der Waals surface area contributed by atoms with Crippen LogP contribution in [-0.2, 0) is 0 Å². The predicted molar refractivity (Wildman–Crippen MR) is 113 cm³/mol. The van der Waals surface area contributed by atoms with Gasteiger partial charge in [-0.05, 0) is 81.3 Å². The number of nitrogens with one attached hydrogen (secondary N) is 1. The Bertz CT molecular complexity index is 804. The maximum absolute atomic E-state index is 12.4. The number of benzene rings is 2. The van der Waals surface area contributed by atoms with E-state index in [1.807, 2.05) is 12.1 Å². The molecule has 1 N–H and O–H groups in total. The number of likely N-dealkylation sites (tertiary alicyclic amines) is 1. The van der Waals surface area contributed by atoms with Crippen molar-refractivity contribution in [3.63, 3.8) is 0 Å². The van der Waals surface area contributed by atoms with Crippen molar-refractivity contribution >= 4 is 17.3 Å². The molecular weight excluding hydrogens is 350 g/mol. The molecule has 148 valence electrons. The van der Waals surface area contributed by atoms with Crippen LogP contribution < -0.4 is 15.0 Å². The van der Waals surface area contributed by atoms with Crippen LogP contribution in [0.15, 0.2) is 48.5 Å². The first-order valence-electron chi connectivity index (χ1n) is 10.2. The van der Waals surface area contributed by atoms with E-state index in [1.54, 1.807) is 31.4 Å². The number of methoxy groups -OCH3 is 1. The summed E-state index contributed by atoms with van der Waals surface area (Å²) in [6.45, 7) is 5.80. The number of carbonyl (C=O) groups excluding carboxylic acids is 1. The molecule has 0 bridgehead atoms. The molecule has 2 fully saturated rings. The van der Waals surface area contributed by atoms with E-state index in [-0.39, 0.29) is 5.91 Å². The van der Waals surface area contributed by atoms with E-state index in [9.17, 15) is 4.79 Å². The van der Waals surface area contributed by atoms with Crippen LogP contribution in [0.2, 0.25) is 0 Å². The average molecular weight is 380 g/mol. The van der Waals surface area contributed by atoms with Gasteiger partial charge in [0.2, 0.25) is 0 Å². The maximum Gasteiger partial charge on any atom is 0.255 e. The normalized spacial score (nSPS) is 22.4. The lowest BCUT2D eigenvalue weighted by molar-refractivity contribution is 0.102. The highest BCUT2D eigenvalue weighted by Crippen LogP contribution is 2.28. The quantitative estimate of drug-likeness (QED) is 0.853. The zero-order valence-corrected chi connectivity index (χ0v) is 16.7. The third kappa shape index (κ3) is 3.99. The average Bonchev–Trinajstić information content (AvgIpc) is 3.37. The molecule has 0 saturated carbocycles. The largest absolute Gasteiger partial charge is 0.497 e. The first-order valence-corrected chi connectivity index (χ1v) is 10.2. The van der Waals surface area contributed by atoms with E-state index in [1.165, 1.54) is 31.5 Å². The fraction of sp³-hybridized carbons (Fsp3) is 0.435. The minimum atomic E-state index is -0.111. The first kappa shape index (κ1) is 18.8. The number of ether oxygens (including phenoxy) is 1. The molecule has 2 aromatic carbocycles. The molecule has 2 atom stereocenters. The van der Waals surface area contributed by atoms with Crippen molar-refractivity contribution in [1.82, 2.24) is 4.90 Å². The molecule has 2 aliphatic rings. The lowest BCUT2D eigenvalue weighted by Gasteiger charge is -2.28. The van der Waals surface area contributed by atoms with Crippen LogP contribution in [0.1, 0.15) is 36.5 Å². The van der Waals surface area contributed by atoms with Gasteiger partial charge in [-0.1, -0.05) is 0 Å². The topological polar surface area (TPSA) is 44.8 Å². The van der Waals surface area contributed by atoms with Crippen LogP contribution in [0.4, 0.5) is 11.4 Å². The third-order valence-electron chi connectivity index (χ3n) is 6.08. The van der Waals surface area contributed by atoms with Crippen LogP contribution in [0.5, 0.6) is 5.75 Å². The summed E-state index contributed by atoms with van der Waals surface area (Å²) in [6, 6.07) is 16.7. The summed E-state index contributed by atoms with van der Waals surface area (Å²) in [4.78, 5) is 17.6. The molecule has 1 amide bonds. The molecular formula is C23H29N3O2. The Morgan fingerprint density at radius 2 is 1.79 bits per heavy atom. The van der Waals surface area contributed by atoms with Gasteiger partial charge < -0.3 is 15.0 Å². The summed E-state index contributed by atoms with van der Waals surface area (Å²) >= 11 is 0. The van der Waals surface area contributed by atoms with E-state index >= 15 is 0 Å². The van der Waals surface area contributed by atoms with Crippen molar-refractivity contribution in [1.29, 1.82) is 0 Å². The van der Waals surface area contributed by atoms with Gasteiger partial charge in [0.25, 0.3) is 5.91 Å². The summed E-state index contributed by atoms with van der Waals surface area (Å²) in [5, 5.41) is 2.97. The number of carbonyl (C=O) groups is 1. The summed E-state index contributed by atoms with van der Waals surface area (Å²) in [7, 11) is 1.62. The highest BCUT2D eigenvalue weighted by Gasteiger charge is 2.32. The Kier molecular flexibility index (Phi) is 5.53. The van der Waals surface area contributed by atoms with Gasteiger partial charge >= 0.3 is 0 Å². The van der Waals surface area contributed by atoms with Gasteiger partial charge in [0.05, 0.1) is 7.11 Å². The number of rotatable bonds is 5. The fourth-order valence-corrected chi connectivity index (χ4v) is 4.45. The monoisotopic (exact) mass is 379 g/mol. The van der Waals surface area contributed by atoms with E-state index in [4.69, 9.17) is 4.74 Å². The van der Waals surface area contributed by atoms with Gasteiger partial charge in [0.1, 0.15) is 5.75 Å². The van der Waals surface area contributed by atoms with Gasteiger partial charge in [-0.2, -0.15) is 0 Å². The SMILES string of the molecule is COc1ccc(C(=O)Nc2ccc(N3CCC(N4CCCC4C)C3)cc2)cc1. The molecule has 28 heavy (non-hydrogen) atoms.